The predicted molar refractivity (Wildman–Crippen MR) is 72.9 cm³/mol. The molecule has 2 rings (SSSR count). The van der Waals surface area contributed by atoms with Gasteiger partial charge in [0.15, 0.2) is 5.13 Å². The van der Waals surface area contributed by atoms with Gasteiger partial charge in [-0.1, -0.05) is 28.9 Å². The fourth-order valence-electron chi connectivity index (χ4n) is 1.83. The van der Waals surface area contributed by atoms with Crippen LogP contribution in [-0.4, -0.2) is 4.98 Å². The Kier molecular flexibility index (Phi) is 3.49. The molecular formula is C12H12BrFN2S. The molecule has 0 amide bonds. The fourth-order valence-corrected chi connectivity index (χ4v) is 3.42. The van der Waals surface area contributed by atoms with Gasteiger partial charge in [0.25, 0.3) is 0 Å². The van der Waals surface area contributed by atoms with Crippen LogP contribution in [-0.2, 0) is 0 Å². The molecule has 90 valence electrons. The lowest BCUT2D eigenvalue weighted by atomic mass is 9.99. The van der Waals surface area contributed by atoms with Crippen molar-refractivity contribution in [3.8, 4) is 0 Å². The molecule has 1 atom stereocenters. The topological polar surface area (TPSA) is 38.9 Å². The van der Waals surface area contributed by atoms with E-state index < -0.39 is 0 Å². The third kappa shape index (κ3) is 2.50. The lowest BCUT2D eigenvalue weighted by Gasteiger charge is -2.12. The van der Waals surface area contributed by atoms with Crippen LogP contribution in [0.2, 0.25) is 0 Å². The van der Waals surface area contributed by atoms with Crippen LogP contribution in [0.15, 0.2) is 22.7 Å². The van der Waals surface area contributed by atoms with Crippen LogP contribution in [0.25, 0.3) is 0 Å². The molecule has 0 fully saturated rings. The molecule has 5 heteroatoms. The van der Waals surface area contributed by atoms with Gasteiger partial charge in [-0.05, 0) is 24.6 Å². The highest BCUT2D eigenvalue weighted by Gasteiger charge is 2.17. The zero-order chi connectivity index (χ0) is 12.6. The lowest BCUT2D eigenvalue weighted by molar-refractivity contribution is 0.625. The maximum Gasteiger partial charge on any atom is 0.180 e. The number of benzene rings is 1. The first-order valence-corrected chi connectivity index (χ1v) is 6.77. The van der Waals surface area contributed by atoms with Gasteiger partial charge in [0.05, 0.1) is 5.69 Å². The van der Waals surface area contributed by atoms with Crippen LogP contribution in [0.1, 0.15) is 29.0 Å². The van der Waals surface area contributed by atoms with Gasteiger partial charge >= 0.3 is 0 Å². The molecule has 17 heavy (non-hydrogen) atoms. The molecule has 1 heterocycles. The van der Waals surface area contributed by atoms with Crippen LogP contribution < -0.4 is 5.73 Å². The second kappa shape index (κ2) is 4.74. The number of anilines is 1. The van der Waals surface area contributed by atoms with E-state index in [-0.39, 0.29) is 11.7 Å². The Bertz CT molecular complexity index is 553. The minimum absolute atomic E-state index is 0.153. The summed E-state index contributed by atoms with van der Waals surface area (Å²) in [6, 6.07) is 4.74. The summed E-state index contributed by atoms with van der Waals surface area (Å²) >= 11 is 4.87. The Labute approximate surface area is 112 Å². The Morgan fingerprint density at radius 2 is 2.18 bits per heavy atom. The molecule has 0 saturated carbocycles. The number of nitrogens with two attached hydrogens (primary N) is 1. The number of halogens is 2. The van der Waals surface area contributed by atoms with Crippen LogP contribution >= 0.6 is 27.3 Å². The van der Waals surface area contributed by atoms with Crippen molar-refractivity contribution >= 4 is 32.4 Å². The number of thiazole rings is 1. The molecule has 1 aromatic carbocycles. The van der Waals surface area contributed by atoms with E-state index in [1.54, 1.807) is 6.07 Å². The Morgan fingerprint density at radius 3 is 2.71 bits per heavy atom. The van der Waals surface area contributed by atoms with E-state index in [1.807, 2.05) is 6.92 Å². The molecule has 2 nitrogen and oxygen atoms in total. The average molecular weight is 315 g/mol. The first-order chi connectivity index (χ1) is 7.99. The quantitative estimate of drug-likeness (QED) is 0.906. The summed E-state index contributed by atoms with van der Waals surface area (Å²) in [5, 5.41) is 0.572. The summed E-state index contributed by atoms with van der Waals surface area (Å²) in [6.45, 7) is 4.01. The molecule has 1 unspecified atom stereocenters. The van der Waals surface area contributed by atoms with Gasteiger partial charge in [-0.3, -0.25) is 0 Å². The summed E-state index contributed by atoms with van der Waals surface area (Å²) in [5.74, 6) is -0.0897. The number of aromatic nitrogens is 1. The van der Waals surface area contributed by atoms with Gasteiger partial charge in [-0.25, -0.2) is 9.37 Å². The first kappa shape index (κ1) is 12.5. The van der Waals surface area contributed by atoms with Crippen LogP contribution in [0.4, 0.5) is 9.52 Å². The van der Waals surface area contributed by atoms with Crippen LogP contribution in [0.3, 0.4) is 0 Å². The molecule has 0 spiro atoms. The summed E-state index contributed by atoms with van der Waals surface area (Å²) < 4.78 is 13.8. The normalized spacial score (nSPS) is 12.7. The first-order valence-electron chi connectivity index (χ1n) is 5.16. The highest BCUT2D eigenvalue weighted by atomic mass is 79.9. The smallest absolute Gasteiger partial charge is 0.180 e. The van der Waals surface area contributed by atoms with Gasteiger partial charge in [0.2, 0.25) is 0 Å². The molecular weight excluding hydrogens is 303 g/mol. The van der Waals surface area contributed by atoms with E-state index in [4.69, 9.17) is 5.73 Å². The molecule has 0 aliphatic carbocycles. The number of hydrogen-bond donors (Lipinski definition) is 1. The van der Waals surface area contributed by atoms with E-state index in [0.29, 0.717) is 5.13 Å². The largest absolute Gasteiger partial charge is 0.375 e. The molecule has 0 saturated heterocycles. The van der Waals surface area contributed by atoms with E-state index >= 15 is 0 Å². The van der Waals surface area contributed by atoms with Gasteiger partial charge in [0, 0.05) is 15.3 Å². The van der Waals surface area contributed by atoms with Crippen molar-refractivity contribution in [2.24, 2.45) is 0 Å². The second-order valence-electron chi connectivity index (χ2n) is 3.89. The van der Waals surface area contributed by atoms with E-state index in [2.05, 4.69) is 27.8 Å². The Balaban J connectivity index is 2.43. The fraction of sp³-hybridized carbons (Fsp3) is 0.250. The van der Waals surface area contributed by atoms with Gasteiger partial charge in [-0.15, -0.1) is 11.3 Å². The minimum Gasteiger partial charge on any atom is -0.375 e. The molecule has 0 radical (unpaired) electrons. The lowest BCUT2D eigenvalue weighted by Crippen LogP contribution is -1.97. The summed E-state index contributed by atoms with van der Waals surface area (Å²) in [6.07, 6.45) is 0. The maximum absolute atomic E-state index is 13.0. The summed E-state index contributed by atoms with van der Waals surface area (Å²) in [4.78, 5) is 5.33. The Hall–Kier alpha value is -0.940. The molecule has 2 aromatic rings. The minimum atomic E-state index is -0.242. The number of nitrogens with zero attached hydrogens (tertiary/aromatic N) is 1. The highest BCUT2D eigenvalue weighted by molar-refractivity contribution is 9.10. The molecule has 0 aliphatic rings. The van der Waals surface area contributed by atoms with Crippen molar-refractivity contribution in [3.63, 3.8) is 0 Å². The number of aryl methyl sites for hydroxylation is 1. The summed E-state index contributed by atoms with van der Waals surface area (Å²) in [7, 11) is 0. The van der Waals surface area contributed by atoms with E-state index in [0.717, 1.165) is 20.6 Å². The zero-order valence-electron chi connectivity index (χ0n) is 9.50. The van der Waals surface area contributed by atoms with Crippen LogP contribution in [0.5, 0.6) is 0 Å². The van der Waals surface area contributed by atoms with Crippen molar-refractivity contribution in [1.29, 1.82) is 0 Å². The third-order valence-electron chi connectivity index (χ3n) is 2.67. The Morgan fingerprint density at radius 1 is 1.47 bits per heavy atom. The number of hydrogen-bond acceptors (Lipinski definition) is 3. The van der Waals surface area contributed by atoms with Crippen molar-refractivity contribution in [3.05, 3.63) is 44.6 Å². The van der Waals surface area contributed by atoms with Crippen molar-refractivity contribution < 1.29 is 4.39 Å². The monoisotopic (exact) mass is 314 g/mol. The zero-order valence-corrected chi connectivity index (χ0v) is 11.9. The van der Waals surface area contributed by atoms with Gasteiger partial charge in [0.1, 0.15) is 5.82 Å². The second-order valence-corrected chi connectivity index (χ2v) is 5.81. The number of rotatable bonds is 2. The molecule has 2 N–H and O–H groups in total. The standard InChI is InChI=1S/C12H12BrFN2S/c1-6(11-7(2)16-12(15)17-11)9-4-3-8(14)5-10(9)13/h3-6H,1-2H3,(H2,15,16). The van der Waals surface area contributed by atoms with E-state index in [9.17, 15) is 4.39 Å². The SMILES string of the molecule is Cc1nc(N)sc1C(C)c1ccc(F)cc1Br. The van der Waals surface area contributed by atoms with Crippen molar-refractivity contribution in [2.75, 3.05) is 5.73 Å². The van der Waals surface area contributed by atoms with Gasteiger partial charge in [-0.2, -0.15) is 0 Å². The van der Waals surface area contributed by atoms with E-state index in [1.165, 1.54) is 23.5 Å². The number of nitrogen functional groups attached to an aromatic ring is 1. The van der Waals surface area contributed by atoms with Gasteiger partial charge < -0.3 is 5.73 Å². The average Bonchev–Trinajstić information content (AvgIpc) is 2.57. The molecule has 0 aliphatic heterocycles. The summed E-state index contributed by atoms with van der Waals surface area (Å²) in [5.41, 5.74) is 7.67. The van der Waals surface area contributed by atoms with Crippen molar-refractivity contribution in [1.82, 2.24) is 4.98 Å². The molecule has 1 aromatic heterocycles. The maximum atomic E-state index is 13.0. The highest BCUT2D eigenvalue weighted by Crippen LogP contribution is 2.36. The third-order valence-corrected chi connectivity index (χ3v) is 4.53. The van der Waals surface area contributed by atoms with Crippen LogP contribution in [0, 0.1) is 12.7 Å². The predicted octanol–water partition coefficient (Wildman–Crippen LogP) is 4.09. The molecule has 0 bridgehead atoms. The van der Waals surface area contributed by atoms with Crippen molar-refractivity contribution in [2.45, 2.75) is 19.8 Å².